The molecule has 4 nitrogen and oxygen atoms in total. The molecule has 0 spiro atoms. The Kier molecular flexibility index (Phi) is 5.10. The third-order valence-corrected chi connectivity index (χ3v) is 5.03. The number of para-hydroxylation sites is 1. The second kappa shape index (κ2) is 7.72. The Morgan fingerprint density at radius 3 is 2.23 bits per heavy atom. The van der Waals surface area contributed by atoms with Crippen LogP contribution in [-0.4, -0.2) is 11.8 Å². The predicted molar refractivity (Wildman–Crippen MR) is 112 cm³/mol. The van der Waals surface area contributed by atoms with Gasteiger partial charge in [0.05, 0.1) is 16.3 Å². The molecule has 3 aromatic carbocycles. The van der Waals surface area contributed by atoms with Crippen molar-refractivity contribution in [2.24, 2.45) is 0 Å². The molecule has 0 aromatic heterocycles. The van der Waals surface area contributed by atoms with E-state index in [1.807, 2.05) is 19.1 Å². The lowest BCUT2D eigenvalue weighted by Crippen LogP contribution is -2.32. The van der Waals surface area contributed by atoms with Crippen LogP contribution in [0.1, 0.15) is 11.1 Å². The van der Waals surface area contributed by atoms with Crippen LogP contribution >= 0.6 is 11.6 Å². The summed E-state index contributed by atoms with van der Waals surface area (Å²) in [5.41, 5.74) is 1.93. The smallest absolute Gasteiger partial charge is 0.282 e. The zero-order valence-electron chi connectivity index (χ0n) is 15.7. The molecule has 30 heavy (non-hydrogen) atoms. The van der Waals surface area contributed by atoms with Crippen LogP contribution in [0.4, 0.5) is 20.2 Å². The topological polar surface area (TPSA) is 49.4 Å². The number of halogens is 3. The van der Waals surface area contributed by atoms with Crippen molar-refractivity contribution >= 4 is 40.4 Å². The highest BCUT2D eigenvalue weighted by molar-refractivity contribution is 6.48. The number of benzene rings is 3. The maximum absolute atomic E-state index is 13.7. The van der Waals surface area contributed by atoms with Gasteiger partial charge in [0, 0.05) is 11.8 Å². The molecular weight excluding hydrogens is 410 g/mol. The number of anilines is 2. The number of imide groups is 1. The number of amides is 2. The Bertz CT molecular complexity index is 1210. The molecule has 4 rings (SSSR count). The van der Waals surface area contributed by atoms with Gasteiger partial charge in [-0.15, -0.1) is 0 Å². The first-order chi connectivity index (χ1) is 14.4. The van der Waals surface area contributed by atoms with Crippen molar-refractivity contribution in [1.82, 2.24) is 0 Å². The largest absolute Gasteiger partial charge is 0.350 e. The van der Waals surface area contributed by atoms with Gasteiger partial charge in [-0.25, -0.2) is 13.7 Å². The molecule has 1 aliphatic heterocycles. The van der Waals surface area contributed by atoms with Crippen molar-refractivity contribution in [2.75, 3.05) is 10.2 Å². The van der Waals surface area contributed by atoms with Crippen LogP contribution in [0.15, 0.2) is 72.4 Å². The summed E-state index contributed by atoms with van der Waals surface area (Å²) in [5.74, 6) is -3.30. The number of nitrogens with one attached hydrogen (secondary N) is 1. The van der Waals surface area contributed by atoms with Crippen LogP contribution in [0.3, 0.4) is 0 Å². The van der Waals surface area contributed by atoms with E-state index in [1.165, 1.54) is 6.07 Å². The van der Waals surface area contributed by atoms with Gasteiger partial charge in [0.1, 0.15) is 5.70 Å². The number of carbonyl (C=O) groups excluding carboxylic acids is 2. The number of nitrogens with zero attached hydrogens (tertiary/aromatic N) is 1. The van der Waals surface area contributed by atoms with E-state index < -0.39 is 23.4 Å². The minimum absolute atomic E-state index is 0.0465. The minimum Gasteiger partial charge on any atom is -0.350 e. The van der Waals surface area contributed by atoms with Crippen LogP contribution in [0.2, 0.25) is 5.02 Å². The first kappa shape index (κ1) is 19.8. The lowest BCUT2D eigenvalue weighted by molar-refractivity contribution is -0.120. The summed E-state index contributed by atoms with van der Waals surface area (Å²) in [6, 6.07) is 16.7. The molecule has 0 unspecified atom stereocenters. The molecule has 1 heterocycles. The second-order valence-corrected chi connectivity index (χ2v) is 7.17. The van der Waals surface area contributed by atoms with E-state index in [2.05, 4.69) is 5.32 Å². The number of hydrogen-bond acceptors (Lipinski definition) is 3. The molecule has 7 heteroatoms. The third-order valence-electron chi connectivity index (χ3n) is 4.71. The average Bonchev–Trinajstić information content (AvgIpc) is 2.96. The van der Waals surface area contributed by atoms with Gasteiger partial charge in [-0.05, 0) is 36.8 Å². The van der Waals surface area contributed by atoms with Gasteiger partial charge in [-0.3, -0.25) is 9.59 Å². The normalized spacial score (nSPS) is 13.9. The van der Waals surface area contributed by atoms with Gasteiger partial charge in [0.2, 0.25) is 0 Å². The van der Waals surface area contributed by atoms with Crippen molar-refractivity contribution in [3.8, 4) is 0 Å². The standard InChI is InChI=1S/C23H15ClF2N2O2/c1-13-6-8-14(9-7-13)20-21(27-15-10-11-17(25)18(26)12-15)23(30)28(22(20)29)19-5-3-2-4-16(19)24/h2-12,27H,1H3. The molecule has 1 N–H and O–H groups in total. The first-order valence-electron chi connectivity index (χ1n) is 9.03. The molecule has 0 bridgehead atoms. The quantitative estimate of drug-likeness (QED) is 0.576. The van der Waals surface area contributed by atoms with Gasteiger partial charge in [0.25, 0.3) is 11.8 Å². The van der Waals surface area contributed by atoms with Crippen LogP contribution in [0.5, 0.6) is 0 Å². The Morgan fingerprint density at radius 1 is 0.867 bits per heavy atom. The monoisotopic (exact) mass is 424 g/mol. The summed E-state index contributed by atoms with van der Waals surface area (Å²) in [6.45, 7) is 1.90. The molecule has 3 aromatic rings. The number of aryl methyl sites for hydroxylation is 1. The van der Waals surface area contributed by atoms with Crippen LogP contribution < -0.4 is 10.2 Å². The maximum Gasteiger partial charge on any atom is 0.282 e. The Balaban J connectivity index is 1.84. The third kappa shape index (κ3) is 3.46. The van der Waals surface area contributed by atoms with Crippen LogP contribution in [0.25, 0.3) is 5.57 Å². The van der Waals surface area contributed by atoms with Crippen molar-refractivity contribution in [2.45, 2.75) is 6.92 Å². The Labute approximate surface area is 176 Å². The summed E-state index contributed by atoms with van der Waals surface area (Å²) >= 11 is 6.22. The molecule has 2 amide bonds. The molecule has 150 valence electrons. The number of hydrogen-bond donors (Lipinski definition) is 1. The van der Waals surface area contributed by atoms with Crippen molar-refractivity contribution in [3.63, 3.8) is 0 Å². The molecular formula is C23H15ClF2N2O2. The fourth-order valence-corrected chi connectivity index (χ4v) is 3.42. The van der Waals surface area contributed by atoms with Gasteiger partial charge in [-0.2, -0.15) is 0 Å². The zero-order valence-corrected chi connectivity index (χ0v) is 16.5. The van der Waals surface area contributed by atoms with E-state index in [0.29, 0.717) is 5.56 Å². The molecule has 0 saturated carbocycles. The SMILES string of the molecule is Cc1ccc(C2=C(Nc3ccc(F)c(F)c3)C(=O)N(c3ccccc3Cl)C2=O)cc1. The number of rotatable bonds is 4. The van der Waals surface area contributed by atoms with Gasteiger partial charge < -0.3 is 5.32 Å². The number of carbonyl (C=O) groups is 2. The molecule has 0 aliphatic carbocycles. The average molecular weight is 425 g/mol. The molecule has 0 saturated heterocycles. The second-order valence-electron chi connectivity index (χ2n) is 6.77. The van der Waals surface area contributed by atoms with Crippen molar-refractivity contribution in [1.29, 1.82) is 0 Å². The minimum atomic E-state index is -1.07. The van der Waals surface area contributed by atoms with Crippen LogP contribution in [-0.2, 0) is 9.59 Å². The molecule has 1 aliphatic rings. The lowest BCUT2D eigenvalue weighted by atomic mass is 10.0. The molecule has 0 atom stereocenters. The molecule has 0 radical (unpaired) electrons. The summed E-state index contributed by atoms with van der Waals surface area (Å²) in [7, 11) is 0. The highest BCUT2D eigenvalue weighted by Gasteiger charge is 2.41. The van der Waals surface area contributed by atoms with Gasteiger partial charge in [-0.1, -0.05) is 53.6 Å². The van der Waals surface area contributed by atoms with E-state index in [0.717, 1.165) is 22.6 Å². The maximum atomic E-state index is 13.7. The summed E-state index contributed by atoms with van der Waals surface area (Å²) in [5, 5.41) is 3.02. The zero-order chi connectivity index (χ0) is 21.4. The van der Waals surface area contributed by atoms with E-state index >= 15 is 0 Å². The first-order valence-corrected chi connectivity index (χ1v) is 9.41. The fourth-order valence-electron chi connectivity index (χ4n) is 3.20. The summed E-state index contributed by atoms with van der Waals surface area (Å²) in [4.78, 5) is 27.5. The van der Waals surface area contributed by atoms with E-state index in [-0.39, 0.29) is 27.7 Å². The van der Waals surface area contributed by atoms with Crippen LogP contribution in [0, 0.1) is 18.6 Å². The lowest BCUT2D eigenvalue weighted by Gasteiger charge is -2.16. The summed E-state index contributed by atoms with van der Waals surface area (Å²) < 4.78 is 27.0. The van der Waals surface area contributed by atoms with Gasteiger partial charge >= 0.3 is 0 Å². The Morgan fingerprint density at radius 2 is 1.57 bits per heavy atom. The fraction of sp³-hybridized carbons (Fsp3) is 0.0435. The van der Waals surface area contributed by atoms with E-state index in [9.17, 15) is 18.4 Å². The van der Waals surface area contributed by atoms with E-state index in [4.69, 9.17) is 11.6 Å². The highest BCUT2D eigenvalue weighted by Crippen LogP contribution is 2.36. The predicted octanol–water partition coefficient (Wildman–Crippen LogP) is 5.32. The Hall–Kier alpha value is -3.51. The molecule has 0 fully saturated rings. The van der Waals surface area contributed by atoms with Crippen molar-refractivity contribution in [3.05, 3.63) is 100 Å². The van der Waals surface area contributed by atoms with Crippen molar-refractivity contribution < 1.29 is 18.4 Å². The highest BCUT2D eigenvalue weighted by atomic mass is 35.5. The summed E-state index contributed by atoms with van der Waals surface area (Å²) in [6.07, 6.45) is 0. The van der Waals surface area contributed by atoms with Gasteiger partial charge in [0.15, 0.2) is 11.6 Å². The van der Waals surface area contributed by atoms with E-state index in [1.54, 1.807) is 36.4 Å².